The third-order valence-corrected chi connectivity index (χ3v) is 3.51. The molecule has 1 aliphatic heterocycles. The second kappa shape index (κ2) is 3.24. The normalized spacial score (nSPS) is 30.6. The molecular weight excluding hydrogens is 196 g/mol. The molecule has 1 fully saturated rings. The predicted octanol–water partition coefficient (Wildman–Crippen LogP) is -1.02. The van der Waals surface area contributed by atoms with Crippen molar-refractivity contribution in [3.05, 3.63) is 0 Å². The van der Waals surface area contributed by atoms with Crippen LogP contribution in [0.25, 0.3) is 0 Å². The lowest BCUT2D eigenvalue weighted by molar-refractivity contribution is -0.142. The summed E-state index contributed by atoms with van der Waals surface area (Å²) in [6, 6.07) is -0.549. The molecule has 0 radical (unpaired) electrons. The Morgan fingerprint density at radius 3 is 2.38 bits per heavy atom. The summed E-state index contributed by atoms with van der Waals surface area (Å²) in [6.45, 7) is 1.74. The van der Waals surface area contributed by atoms with Crippen molar-refractivity contribution in [2.24, 2.45) is 11.1 Å². The molecule has 0 bridgehead atoms. The largest absolute Gasteiger partial charge is 0.481 e. The first-order chi connectivity index (χ1) is 5.84. The summed E-state index contributed by atoms with van der Waals surface area (Å²) in [5.41, 5.74) is 0. The highest BCUT2D eigenvalue weighted by atomic mass is 32.2. The van der Waals surface area contributed by atoms with Gasteiger partial charge in [-0.25, -0.2) is 5.14 Å². The lowest BCUT2D eigenvalue weighted by Gasteiger charge is -2.19. The lowest BCUT2D eigenvalue weighted by Crippen LogP contribution is -2.41. The molecule has 0 aromatic heterocycles. The number of aliphatic carboxylic acids is 1. The van der Waals surface area contributed by atoms with Crippen LogP contribution in [0, 0.1) is 5.92 Å². The van der Waals surface area contributed by atoms with Crippen molar-refractivity contribution in [3.8, 4) is 0 Å². The van der Waals surface area contributed by atoms with E-state index < -0.39 is 28.1 Å². The molecule has 1 heterocycles. The third-order valence-electron chi connectivity index (χ3n) is 2.34. The van der Waals surface area contributed by atoms with Crippen LogP contribution in [0.1, 0.15) is 13.3 Å². The number of nitrogens with zero attached hydrogens (tertiary/aromatic N) is 1. The van der Waals surface area contributed by atoms with Gasteiger partial charge in [0.1, 0.15) is 0 Å². The minimum atomic E-state index is -3.75. The maximum Gasteiger partial charge on any atom is 0.308 e. The van der Waals surface area contributed by atoms with E-state index >= 15 is 0 Å². The molecule has 0 saturated carbocycles. The van der Waals surface area contributed by atoms with Crippen molar-refractivity contribution >= 4 is 16.2 Å². The maximum atomic E-state index is 10.9. The van der Waals surface area contributed by atoms with E-state index in [0.717, 1.165) is 4.31 Å². The third kappa shape index (κ3) is 1.98. The molecule has 13 heavy (non-hydrogen) atoms. The molecule has 6 nitrogen and oxygen atoms in total. The van der Waals surface area contributed by atoms with Gasteiger partial charge < -0.3 is 5.11 Å². The van der Waals surface area contributed by atoms with E-state index in [1.165, 1.54) is 0 Å². The van der Waals surface area contributed by atoms with Crippen LogP contribution in [0.2, 0.25) is 0 Å². The number of hydrogen-bond acceptors (Lipinski definition) is 3. The number of carboxylic acids is 1. The van der Waals surface area contributed by atoms with E-state index in [4.69, 9.17) is 10.2 Å². The summed E-state index contributed by atoms with van der Waals surface area (Å²) in [4.78, 5) is 10.6. The smallest absolute Gasteiger partial charge is 0.308 e. The Morgan fingerprint density at radius 2 is 2.15 bits per heavy atom. The topological polar surface area (TPSA) is 101 Å². The minimum Gasteiger partial charge on any atom is -0.481 e. The van der Waals surface area contributed by atoms with E-state index in [0.29, 0.717) is 6.42 Å². The van der Waals surface area contributed by atoms with Crippen molar-refractivity contribution < 1.29 is 18.3 Å². The highest BCUT2D eigenvalue weighted by Crippen LogP contribution is 2.25. The molecule has 7 heteroatoms. The average molecular weight is 208 g/mol. The van der Waals surface area contributed by atoms with Gasteiger partial charge >= 0.3 is 5.97 Å². The molecule has 76 valence electrons. The fourth-order valence-electron chi connectivity index (χ4n) is 1.60. The van der Waals surface area contributed by atoms with Crippen molar-refractivity contribution in [1.29, 1.82) is 0 Å². The summed E-state index contributed by atoms with van der Waals surface area (Å²) >= 11 is 0. The Bertz CT molecular complexity index is 313. The van der Waals surface area contributed by atoms with Crippen LogP contribution in [0.15, 0.2) is 0 Å². The summed E-state index contributed by atoms with van der Waals surface area (Å²) in [5.74, 6) is -1.61. The molecule has 1 rings (SSSR count). The molecule has 0 aliphatic carbocycles. The summed E-state index contributed by atoms with van der Waals surface area (Å²) in [7, 11) is -3.75. The Kier molecular flexibility index (Phi) is 2.60. The highest BCUT2D eigenvalue weighted by Gasteiger charge is 2.40. The fraction of sp³-hybridized carbons (Fsp3) is 0.833. The van der Waals surface area contributed by atoms with E-state index in [-0.39, 0.29) is 6.54 Å². The van der Waals surface area contributed by atoms with E-state index in [2.05, 4.69) is 0 Å². The van der Waals surface area contributed by atoms with Gasteiger partial charge in [-0.15, -0.1) is 0 Å². The van der Waals surface area contributed by atoms with Crippen LogP contribution in [0.5, 0.6) is 0 Å². The van der Waals surface area contributed by atoms with Crippen LogP contribution in [-0.4, -0.2) is 36.4 Å². The van der Waals surface area contributed by atoms with Crippen LogP contribution in [0.4, 0.5) is 0 Å². The molecule has 3 N–H and O–H groups in total. The van der Waals surface area contributed by atoms with Crippen molar-refractivity contribution in [2.75, 3.05) is 6.54 Å². The molecular formula is C6H12N2O4S. The zero-order valence-electron chi connectivity index (χ0n) is 7.17. The molecule has 1 saturated heterocycles. The molecule has 0 aromatic carbocycles. The lowest BCUT2D eigenvalue weighted by atomic mass is 10.0. The molecule has 0 aromatic rings. The predicted molar refractivity (Wildman–Crippen MR) is 45.0 cm³/mol. The number of rotatable bonds is 2. The second-order valence-electron chi connectivity index (χ2n) is 3.13. The monoisotopic (exact) mass is 208 g/mol. The highest BCUT2D eigenvalue weighted by molar-refractivity contribution is 7.86. The van der Waals surface area contributed by atoms with Gasteiger partial charge in [-0.2, -0.15) is 12.7 Å². The summed E-state index contributed by atoms with van der Waals surface area (Å²) < 4.78 is 22.9. The van der Waals surface area contributed by atoms with Gasteiger partial charge in [0, 0.05) is 12.6 Å². The van der Waals surface area contributed by atoms with Crippen molar-refractivity contribution in [2.45, 2.75) is 19.4 Å². The van der Waals surface area contributed by atoms with Gasteiger partial charge in [0.25, 0.3) is 10.2 Å². The van der Waals surface area contributed by atoms with Gasteiger partial charge in [0.05, 0.1) is 5.92 Å². The van der Waals surface area contributed by atoms with E-state index in [1.54, 1.807) is 6.92 Å². The quantitative estimate of drug-likeness (QED) is 0.606. The van der Waals surface area contributed by atoms with Crippen molar-refractivity contribution in [1.82, 2.24) is 4.31 Å². The number of nitrogens with two attached hydrogens (primary N) is 1. The Balaban J connectivity index is 2.83. The van der Waals surface area contributed by atoms with Crippen LogP contribution in [-0.2, 0) is 15.0 Å². The second-order valence-corrected chi connectivity index (χ2v) is 4.63. The first-order valence-corrected chi connectivity index (χ1v) is 5.36. The molecule has 0 spiro atoms. The van der Waals surface area contributed by atoms with Crippen LogP contribution in [0.3, 0.4) is 0 Å². The average Bonchev–Trinajstić information content (AvgIpc) is 2.28. The summed E-state index contributed by atoms with van der Waals surface area (Å²) in [5, 5.41) is 13.6. The SMILES string of the molecule is CC1C(C(=O)O)CCN1S(N)(=O)=O. The van der Waals surface area contributed by atoms with E-state index in [9.17, 15) is 13.2 Å². The van der Waals surface area contributed by atoms with Gasteiger partial charge in [-0.1, -0.05) is 0 Å². The van der Waals surface area contributed by atoms with Crippen molar-refractivity contribution in [3.63, 3.8) is 0 Å². The number of carbonyl (C=O) groups is 1. The van der Waals surface area contributed by atoms with Crippen LogP contribution < -0.4 is 5.14 Å². The summed E-state index contributed by atoms with van der Waals surface area (Å²) in [6.07, 6.45) is 0.326. The first-order valence-electron chi connectivity index (χ1n) is 3.86. The first kappa shape index (κ1) is 10.4. The number of hydrogen-bond donors (Lipinski definition) is 2. The van der Waals surface area contributed by atoms with Gasteiger partial charge in [-0.3, -0.25) is 4.79 Å². The Hall–Kier alpha value is -0.660. The van der Waals surface area contributed by atoms with Gasteiger partial charge in [0.15, 0.2) is 0 Å². The molecule has 2 unspecified atom stereocenters. The fourth-order valence-corrected chi connectivity index (χ4v) is 2.57. The van der Waals surface area contributed by atoms with E-state index in [1.807, 2.05) is 0 Å². The molecule has 1 aliphatic rings. The Morgan fingerprint density at radius 1 is 1.62 bits per heavy atom. The minimum absolute atomic E-state index is 0.191. The van der Waals surface area contributed by atoms with Gasteiger partial charge in [-0.05, 0) is 13.3 Å². The van der Waals surface area contributed by atoms with Gasteiger partial charge in [0.2, 0.25) is 0 Å². The number of carboxylic acid groups (broad SMARTS) is 1. The van der Waals surface area contributed by atoms with Crippen LogP contribution >= 0.6 is 0 Å². The maximum absolute atomic E-state index is 10.9. The molecule has 0 amide bonds. The zero-order valence-corrected chi connectivity index (χ0v) is 7.99. The molecule has 2 atom stereocenters. The zero-order chi connectivity index (χ0) is 10.2. The Labute approximate surface area is 76.5 Å². The standard InChI is InChI=1S/C6H12N2O4S/c1-4-5(6(9)10)2-3-8(4)13(7,11)12/h4-5H,2-3H2,1H3,(H,9,10)(H2,7,11,12).